The number of aryl methyl sites for hydroxylation is 1. The van der Waals surface area contributed by atoms with Crippen LogP contribution in [-0.2, 0) is 6.54 Å². The monoisotopic (exact) mass is 318 g/mol. The molecule has 0 amide bonds. The van der Waals surface area contributed by atoms with Crippen molar-refractivity contribution in [3.63, 3.8) is 0 Å². The summed E-state index contributed by atoms with van der Waals surface area (Å²) < 4.78 is 4.43. The van der Waals surface area contributed by atoms with Gasteiger partial charge in [-0.05, 0) is 24.5 Å². The van der Waals surface area contributed by atoms with Gasteiger partial charge in [-0.2, -0.15) is 4.37 Å². The first-order valence-electron chi connectivity index (χ1n) is 7.71. The van der Waals surface area contributed by atoms with Crippen LogP contribution in [0.25, 0.3) is 0 Å². The lowest BCUT2D eigenvalue weighted by Crippen LogP contribution is -2.46. The topological polar surface area (TPSA) is 58.0 Å². The fraction of sp³-hybridized carbons (Fsp3) is 0.600. The zero-order valence-corrected chi connectivity index (χ0v) is 14.2. The summed E-state index contributed by atoms with van der Waals surface area (Å²) in [7, 11) is 0. The van der Waals surface area contributed by atoms with E-state index >= 15 is 0 Å². The van der Waals surface area contributed by atoms with E-state index in [4.69, 9.17) is 0 Å². The largest absolute Gasteiger partial charge is 0.354 e. The predicted molar refractivity (Wildman–Crippen MR) is 88.3 cm³/mol. The van der Waals surface area contributed by atoms with Gasteiger partial charge in [-0.15, -0.1) is 0 Å². The number of piperazine rings is 1. The lowest BCUT2D eigenvalue weighted by Gasteiger charge is -2.34. The van der Waals surface area contributed by atoms with E-state index in [1.807, 2.05) is 19.2 Å². The maximum absolute atomic E-state index is 4.62. The molecule has 6 nitrogen and oxygen atoms in total. The number of hydrogen-bond donors (Lipinski definition) is 0. The van der Waals surface area contributed by atoms with E-state index in [2.05, 4.69) is 43.0 Å². The Morgan fingerprint density at radius 1 is 1.18 bits per heavy atom. The molecule has 0 radical (unpaired) electrons. The summed E-state index contributed by atoms with van der Waals surface area (Å²) in [5.41, 5.74) is 0. The standard InChI is InChI=1S/C15H22N6S/c1-11(2)15-18-14(22-19-15)10-20-6-8-21(9-7-20)13-4-5-16-12(3)17-13/h4-5,11H,6-10H2,1-3H3. The van der Waals surface area contributed by atoms with E-state index < -0.39 is 0 Å². The molecule has 1 aliphatic heterocycles. The van der Waals surface area contributed by atoms with Gasteiger partial charge in [-0.3, -0.25) is 4.90 Å². The first-order chi connectivity index (χ1) is 10.6. The van der Waals surface area contributed by atoms with E-state index in [-0.39, 0.29) is 0 Å². The lowest BCUT2D eigenvalue weighted by molar-refractivity contribution is 0.249. The number of rotatable bonds is 4. The zero-order chi connectivity index (χ0) is 15.5. The molecule has 3 rings (SSSR count). The van der Waals surface area contributed by atoms with Gasteiger partial charge in [0.05, 0.1) is 6.54 Å². The number of nitrogens with zero attached hydrogens (tertiary/aromatic N) is 6. The SMILES string of the molecule is Cc1nccc(N2CCN(Cc3nc(C(C)C)ns3)CC2)n1. The Hall–Kier alpha value is -1.60. The summed E-state index contributed by atoms with van der Waals surface area (Å²) in [6.07, 6.45) is 1.83. The summed E-state index contributed by atoms with van der Waals surface area (Å²) in [4.78, 5) is 18.1. The van der Waals surface area contributed by atoms with E-state index in [0.29, 0.717) is 5.92 Å². The van der Waals surface area contributed by atoms with Crippen molar-refractivity contribution in [2.75, 3.05) is 31.1 Å². The van der Waals surface area contributed by atoms with E-state index in [0.717, 1.165) is 55.2 Å². The normalized spacial score (nSPS) is 16.5. The molecule has 0 unspecified atom stereocenters. The minimum atomic E-state index is 0.405. The molecule has 0 aromatic carbocycles. The van der Waals surface area contributed by atoms with Crippen LogP contribution in [0.4, 0.5) is 5.82 Å². The van der Waals surface area contributed by atoms with Gasteiger partial charge in [0, 0.05) is 38.3 Å². The van der Waals surface area contributed by atoms with Gasteiger partial charge in [0.15, 0.2) is 0 Å². The maximum Gasteiger partial charge on any atom is 0.145 e. The van der Waals surface area contributed by atoms with Crippen LogP contribution in [0.5, 0.6) is 0 Å². The van der Waals surface area contributed by atoms with Crippen LogP contribution >= 0.6 is 11.5 Å². The molecule has 0 spiro atoms. The predicted octanol–water partition coefficient (Wildman–Crippen LogP) is 2.08. The molecule has 1 saturated heterocycles. The van der Waals surface area contributed by atoms with Crippen LogP contribution in [0.15, 0.2) is 12.3 Å². The first-order valence-corrected chi connectivity index (χ1v) is 8.48. The van der Waals surface area contributed by atoms with Crippen molar-refractivity contribution in [2.45, 2.75) is 33.2 Å². The first kappa shape index (κ1) is 15.3. The second-order valence-corrected chi connectivity index (χ2v) is 6.76. The molecular formula is C15H22N6S. The Kier molecular flexibility index (Phi) is 4.63. The Bertz CT molecular complexity index is 618. The van der Waals surface area contributed by atoms with Crippen LogP contribution < -0.4 is 4.90 Å². The van der Waals surface area contributed by atoms with E-state index in [1.165, 1.54) is 11.5 Å². The number of aromatic nitrogens is 4. The number of hydrogen-bond acceptors (Lipinski definition) is 7. The summed E-state index contributed by atoms with van der Waals surface area (Å²) >= 11 is 1.53. The fourth-order valence-corrected chi connectivity index (χ4v) is 3.34. The number of anilines is 1. The molecule has 22 heavy (non-hydrogen) atoms. The highest BCUT2D eigenvalue weighted by atomic mass is 32.1. The van der Waals surface area contributed by atoms with Gasteiger partial charge in [-0.1, -0.05) is 13.8 Å². The Labute approximate surface area is 135 Å². The molecule has 0 N–H and O–H groups in total. The van der Waals surface area contributed by atoms with Crippen LogP contribution in [0.3, 0.4) is 0 Å². The molecule has 1 fully saturated rings. The van der Waals surface area contributed by atoms with Gasteiger partial charge >= 0.3 is 0 Å². The Morgan fingerprint density at radius 2 is 1.95 bits per heavy atom. The average molecular weight is 318 g/mol. The molecule has 2 aromatic heterocycles. The van der Waals surface area contributed by atoms with Crippen LogP contribution in [0.1, 0.15) is 36.4 Å². The quantitative estimate of drug-likeness (QED) is 0.860. The smallest absolute Gasteiger partial charge is 0.145 e. The summed E-state index contributed by atoms with van der Waals surface area (Å²) in [5.74, 6) is 3.23. The summed E-state index contributed by atoms with van der Waals surface area (Å²) in [6, 6.07) is 1.99. The molecule has 0 atom stereocenters. The Morgan fingerprint density at radius 3 is 2.59 bits per heavy atom. The third kappa shape index (κ3) is 3.59. The average Bonchev–Trinajstić information content (AvgIpc) is 2.97. The summed E-state index contributed by atoms with van der Waals surface area (Å²) in [6.45, 7) is 11.1. The molecule has 118 valence electrons. The van der Waals surface area contributed by atoms with E-state index in [1.54, 1.807) is 0 Å². The second-order valence-electron chi connectivity index (χ2n) is 5.93. The maximum atomic E-state index is 4.62. The van der Waals surface area contributed by atoms with Crippen LogP contribution in [-0.4, -0.2) is 50.4 Å². The van der Waals surface area contributed by atoms with Crippen molar-refractivity contribution >= 4 is 17.4 Å². The minimum Gasteiger partial charge on any atom is -0.354 e. The highest BCUT2D eigenvalue weighted by molar-refractivity contribution is 7.05. The highest BCUT2D eigenvalue weighted by Gasteiger charge is 2.19. The molecule has 3 heterocycles. The van der Waals surface area contributed by atoms with Crippen molar-refractivity contribution in [3.8, 4) is 0 Å². The molecule has 7 heteroatoms. The lowest BCUT2D eigenvalue weighted by atomic mass is 10.2. The van der Waals surface area contributed by atoms with Crippen LogP contribution in [0, 0.1) is 6.92 Å². The third-order valence-corrected chi connectivity index (χ3v) is 4.53. The van der Waals surface area contributed by atoms with Crippen molar-refractivity contribution < 1.29 is 0 Å². The summed E-state index contributed by atoms with van der Waals surface area (Å²) in [5, 5.41) is 1.12. The zero-order valence-electron chi connectivity index (χ0n) is 13.4. The fourth-order valence-electron chi connectivity index (χ4n) is 2.51. The molecular weight excluding hydrogens is 296 g/mol. The molecule has 0 bridgehead atoms. The van der Waals surface area contributed by atoms with Gasteiger partial charge in [0.1, 0.15) is 22.5 Å². The van der Waals surface area contributed by atoms with Crippen molar-refractivity contribution in [3.05, 3.63) is 28.9 Å². The minimum absolute atomic E-state index is 0.405. The van der Waals surface area contributed by atoms with Gasteiger partial charge in [0.2, 0.25) is 0 Å². The van der Waals surface area contributed by atoms with Crippen molar-refractivity contribution in [2.24, 2.45) is 0 Å². The van der Waals surface area contributed by atoms with Crippen LogP contribution in [0.2, 0.25) is 0 Å². The van der Waals surface area contributed by atoms with Gasteiger partial charge in [-0.25, -0.2) is 15.0 Å². The molecule has 0 aliphatic carbocycles. The highest BCUT2D eigenvalue weighted by Crippen LogP contribution is 2.17. The molecule has 2 aromatic rings. The van der Waals surface area contributed by atoms with Crippen molar-refractivity contribution in [1.29, 1.82) is 0 Å². The molecule has 0 saturated carbocycles. The van der Waals surface area contributed by atoms with E-state index in [9.17, 15) is 0 Å². The van der Waals surface area contributed by atoms with Crippen molar-refractivity contribution in [1.82, 2.24) is 24.2 Å². The molecule has 1 aliphatic rings. The second kappa shape index (κ2) is 6.66. The van der Waals surface area contributed by atoms with Gasteiger partial charge < -0.3 is 4.90 Å². The van der Waals surface area contributed by atoms with Gasteiger partial charge in [0.25, 0.3) is 0 Å². The third-order valence-electron chi connectivity index (χ3n) is 3.82. The Balaban J connectivity index is 1.55.